The highest BCUT2D eigenvalue weighted by Gasteiger charge is 2.29. The predicted octanol–water partition coefficient (Wildman–Crippen LogP) is 11.1. The van der Waals surface area contributed by atoms with Gasteiger partial charge in [0.15, 0.2) is 0 Å². The van der Waals surface area contributed by atoms with Crippen molar-refractivity contribution in [2.24, 2.45) is 0 Å². The Morgan fingerprint density at radius 2 is 0.509 bits per heavy atom. The summed E-state index contributed by atoms with van der Waals surface area (Å²) >= 11 is 0. The minimum absolute atomic E-state index is 0.216. The molecule has 0 spiro atoms. The van der Waals surface area contributed by atoms with Crippen LogP contribution in [-0.4, -0.2) is 30.6 Å². The molecule has 0 aliphatic carbocycles. The first kappa shape index (κ1) is 40.8. The van der Waals surface area contributed by atoms with Crippen LogP contribution >= 0.6 is 0 Å². The van der Waals surface area contributed by atoms with Crippen LogP contribution in [0.15, 0.2) is 72.8 Å². The predicted molar refractivity (Wildman–Crippen MR) is 230 cm³/mol. The average Bonchev–Trinajstić information content (AvgIpc) is 3.13. The van der Waals surface area contributed by atoms with Crippen molar-refractivity contribution in [3.8, 4) is 34.5 Å². The lowest BCUT2D eigenvalue weighted by Crippen LogP contribution is -2.21. The summed E-state index contributed by atoms with van der Waals surface area (Å²) in [5.74, 6) is 1.39. The van der Waals surface area contributed by atoms with Crippen LogP contribution < -0.4 is 0 Å². The second-order valence-electron chi connectivity index (χ2n) is 16.9. The lowest BCUT2D eigenvalue weighted by atomic mass is 9.74. The fraction of sp³-hybridized carbons (Fsp3) is 0.294. The molecule has 0 heterocycles. The van der Waals surface area contributed by atoms with Crippen LogP contribution in [0.5, 0.6) is 34.5 Å². The van der Waals surface area contributed by atoms with Gasteiger partial charge in [0, 0.05) is 31.1 Å². The molecule has 0 amide bonds. The van der Waals surface area contributed by atoms with E-state index in [2.05, 4.69) is 38.1 Å². The maximum Gasteiger partial charge on any atom is 0.122 e. The molecule has 6 aromatic rings. The van der Waals surface area contributed by atoms with Crippen LogP contribution in [-0.2, 0) is 31.1 Å². The molecule has 6 rings (SSSR count). The second-order valence-corrected chi connectivity index (χ2v) is 16.9. The molecular formula is C51H56O6. The topological polar surface area (TPSA) is 121 Å². The summed E-state index contributed by atoms with van der Waals surface area (Å²) in [6.45, 7) is 19.7. The Morgan fingerprint density at radius 3 is 0.719 bits per heavy atom. The van der Waals surface area contributed by atoms with E-state index in [9.17, 15) is 30.6 Å². The van der Waals surface area contributed by atoms with Crippen molar-refractivity contribution in [3.05, 3.63) is 173 Å². The van der Waals surface area contributed by atoms with Gasteiger partial charge in [-0.3, -0.25) is 0 Å². The largest absolute Gasteiger partial charge is 0.508 e. The van der Waals surface area contributed by atoms with E-state index in [0.717, 1.165) is 100 Å². The minimum atomic E-state index is -0.617. The standard InChI is InChI=1S/C51H56O6/c1-27-15-45(52)31(5)11-35(27)19-39-23-43(24-40(49(39)56)20-36-12-32(6)46(53)16-28(36)2)51(9,10)44-25-41(21-37-13-33(7)47(54)17-29(37)3)50(57)42(26-44)22-38-14-34(8)48(55)18-30(38)4/h11-18,23-26,52-57H,19-22H2,1-10H3. The molecule has 6 heteroatoms. The Bertz CT molecular complexity index is 2200. The van der Waals surface area contributed by atoms with Gasteiger partial charge in [0.2, 0.25) is 0 Å². The van der Waals surface area contributed by atoms with Crippen molar-refractivity contribution in [2.45, 2.75) is 100 Å². The van der Waals surface area contributed by atoms with E-state index in [0.29, 0.717) is 25.7 Å². The van der Waals surface area contributed by atoms with Crippen molar-refractivity contribution >= 4 is 0 Å². The number of phenolic OH excluding ortho intramolecular Hbond substituents is 6. The fourth-order valence-electron chi connectivity index (χ4n) is 7.97. The number of hydrogen-bond donors (Lipinski definition) is 6. The molecule has 0 saturated heterocycles. The summed E-state index contributed by atoms with van der Waals surface area (Å²) in [6, 6.07) is 23.3. The van der Waals surface area contributed by atoms with E-state index in [1.165, 1.54) is 0 Å². The van der Waals surface area contributed by atoms with Gasteiger partial charge in [-0.1, -0.05) is 62.4 Å². The molecule has 0 aromatic heterocycles. The second kappa shape index (κ2) is 15.6. The van der Waals surface area contributed by atoms with E-state index in [1.54, 1.807) is 24.3 Å². The first-order valence-corrected chi connectivity index (χ1v) is 19.6. The summed E-state index contributed by atoms with van der Waals surface area (Å²) < 4.78 is 0. The third kappa shape index (κ3) is 8.32. The fourth-order valence-corrected chi connectivity index (χ4v) is 7.97. The zero-order valence-electron chi connectivity index (χ0n) is 34.9. The first-order chi connectivity index (χ1) is 26.7. The van der Waals surface area contributed by atoms with E-state index in [4.69, 9.17) is 0 Å². The number of benzene rings is 6. The highest BCUT2D eigenvalue weighted by atomic mass is 16.3. The van der Waals surface area contributed by atoms with Gasteiger partial charge in [0.05, 0.1) is 0 Å². The molecular weight excluding hydrogens is 709 g/mol. The van der Waals surface area contributed by atoms with E-state index in [1.807, 2.05) is 79.7 Å². The molecule has 0 aliphatic heterocycles. The van der Waals surface area contributed by atoms with Crippen LogP contribution in [0.4, 0.5) is 0 Å². The van der Waals surface area contributed by atoms with Gasteiger partial charge in [0.1, 0.15) is 34.5 Å². The number of rotatable bonds is 10. The first-order valence-electron chi connectivity index (χ1n) is 19.6. The van der Waals surface area contributed by atoms with Crippen LogP contribution in [0.25, 0.3) is 0 Å². The van der Waals surface area contributed by atoms with Crippen molar-refractivity contribution in [1.82, 2.24) is 0 Å². The smallest absolute Gasteiger partial charge is 0.122 e. The van der Waals surface area contributed by atoms with Gasteiger partial charge in [-0.2, -0.15) is 0 Å². The molecule has 6 aromatic carbocycles. The van der Waals surface area contributed by atoms with Gasteiger partial charge in [-0.25, -0.2) is 0 Å². The highest BCUT2D eigenvalue weighted by molar-refractivity contribution is 5.58. The Hall–Kier alpha value is -5.88. The number of aryl methyl sites for hydroxylation is 8. The molecule has 6 nitrogen and oxygen atoms in total. The molecule has 0 aliphatic rings. The molecule has 0 radical (unpaired) electrons. The van der Waals surface area contributed by atoms with Gasteiger partial charge in [0.25, 0.3) is 0 Å². The number of phenols is 6. The highest BCUT2D eigenvalue weighted by Crippen LogP contribution is 2.42. The van der Waals surface area contributed by atoms with E-state index < -0.39 is 5.41 Å². The monoisotopic (exact) mass is 764 g/mol. The average molecular weight is 765 g/mol. The molecule has 0 bridgehead atoms. The Kier molecular flexibility index (Phi) is 11.1. The molecule has 0 fully saturated rings. The quantitative estimate of drug-likeness (QED) is 0.0826. The zero-order chi connectivity index (χ0) is 41.7. The van der Waals surface area contributed by atoms with Crippen LogP contribution in [0.2, 0.25) is 0 Å². The Labute approximate surface area is 337 Å². The molecule has 57 heavy (non-hydrogen) atoms. The van der Waals surface area contributed by atoms with Crippen molar-refractivity contribution in [2.75, 3.05) is 0 Å². The van der Waals surface area contributed by atoms with Gasteiger partial charge >= 0.3 is 0 Å². The van der Waals surface area contributed by atoms with E-state index in [-0.39, 0.29) is 34.5 Å². The summed E-state index contributed by atoms with van der Waals surface area (Å²) in [5, 5.41) is 65.7. The van der Waals surface area contributed by atoms with Crippen LogP contribution in [0.3, 0.4) is 0 Å². The third-order valence-corrected chi connectivity index (χ3v) is 12.1. The summed E-state index contributed by atoms with van der Waals surface area (Å²) in [4.78, 5) is 0. The minimum Gasteiger partial charge on any atom is -0.508 e. The summed E-state index contributed by atoms with van der Waals surface area (Å²) in [5.41, 5.74) is 15.2. The van der Waals surface area contributed by atoms with Gasteiger partial charge in [-0.05, 0) is 180 Å². The van der Waals surface area contributed by atoms with Crippen LogP contribution in [0.1, 0.15) is 114 Å². The normalized spacial score (nSPS) is 11.7. The SMILES string of the molecule is Cc1cc(Cc2cc(C(C)(C)c3cc(Cc4cc(C)c(O)cc4C)c(O)c(Cc4cc(C)c(O)cc4C)c3)cc(Cc3cc(C)c(O)cc3C)c2O)c(C)cc1O. The molecule has 0 saturated carbocycles. The van der Waals surface area contributed by atoms with E-state index >= 15 is 0 Å². The number of aromatic hydroxyl groups is 6. The summed E-state index contributed by atoms with van der Waals surface area (Å²) in [7, 11) is 0. The Morgan fingerprint density at radius 1 is 0.298 bits per heavy atom. The lowest BCUT2D eigenvalue weighted by molar-refractivity contribution is 0.461. The van der Waals surface area contributed by atoms with Gasteiger partial charge < -0.3 is 30.6 Å². The van der Waals surface area contributed by atoms with Crippen molar-refractivity contribution in [3.63, 3.8) is 0 Å². The van der Waals surface area contributed by atoms with Gasteiger partial charge in [-0.15, -0.1) is 0 Å². The zero-order valence-corrected chi connectivity index (χ0v) is 34.9. The number of hydrogen-bond acceptors (Lipinski definition) is 6. The Balaban J connectivity index is 1.55. The molecule has 0 unspecified atom stereocenters. The van der Waals surface area contributed by atoms with Crippen molar-refractivity contribution < 1.29 is 30.6 Å². The maximum absolute atomic E-state index is 12.0. The molecule has 0 atom stereocenters. The third-order valence-electron chi connectivity index (χ3n) is 12.1. The van der Waals surface area contributed by atoms with Crippen LogP contribution in [0, 0.1) is 55.4 Å². The molecule has 296 valence electrons. The molecule has 6 N–H and O–H groups in total. The maximum atomic E-state index is 12.0. The lowest BCUT2D eigenvalue weighted by Gasteiger charge is -2.30. The van der Waals surface area contributed by atoms with Crippen molar-refractivity contribution in [1.29, 1.82) is 0 Å². The summed E-state index contributed by atoms with van der Waals surface area (Å²) in [6.07, 6.45) is 1.81.